The molecule has 0 saturated heterocycles. The molecule has 0 radical (unpaired) electrons. The van der Waals surface area contributed by atoms with Crippen LogP contribution >= 0.6 is 0 Å². The Labute approximate surface area is 211 Å². The number of carbonyl (C=O) groups excluding carboxylic acids is 1. The number of benzene rings is 3. The van der Waals surface area contributed by atoms with Gasteiger partial charge in [-0.1, -0.05) is 18.2 Å². The zero-order valence-electron chi connectivity index (χ0n) is 20.8. The van der Waals surface area contributed by atoms with Gasteiger partial charge in [-0.25, -0.2) is 13.8 Å². The van der Waals surface area contributed by atoms with E-state index in [9.17, 15) is 18.3 Å². The van der Waals surface area contributed by atoms with Crippen molar-refractivity contribution in [3.8, 4) is 17.2 Å². The molecule has 0 aliphatic carbocycles. The van der Waals surface area contributed by atoms with Crippen LogP contribution in [-0.4, -0.2) is 45.9 Å². The van der Waals surface area contributed by atoms with Crippen LogP contribution in [-0.2, 0) is 14.8 Å². The molecule has 0 aliphatic rings. The number of para-hydroxylation sites is 1. The third-order valence-corrected chi connectivity index (χ3v) is 7.14. The van der Waals surface area contributed by atoms with E-state index in [1.54, 1.807) is 37.3 Å². The molecule has 0 fully saturated rings. The fourth-order valence-corrected chi connectivity index (χ4v) is 5.09. The summed E-state index contributed by atoms with van der Waals surface area (Å²) in [6.07, 6.45) is 0. The van der Waals surface area contributed by atoms with E-state index in [2.05, 4.69) is 10.5 Å². The van der Waals surface area contributed by atoms with Crippen molar-refractivity contribution in [3.05, 3.63) is 77.4 Å². The maximum atomic E-state index is 13.7. The number of hydrogen-bond acceptors (Lipinski definition) is 7. The molecule has 0 aliphatic heterocycles. The number of sulfonamides is 1. The minimum absolute atomic E-state index is 0.0147. The highest BCUT2D eigenvalue weighted by atomic mass is 32.2. The largest absolute Gasteiger partial charge is 0.507 e. The normalized spacial score (nSPS) is 11.6. The first kappa shape index (κ1) is 26.6. The van der Waals surface area contributed by atoms with Gasteiger partial charge in [-0.15, -0.1) is 0 Å². The molecule has 0 unspecified atom stereocenters. The van der Waals surface area contributed by atoms with Crippen LogP contribution < -0.4 is 19.2 Å². The fraction of sp³-hybridized carbons (Fsp3) is 0.231. The summed E-state index contributed by atoms with van der Waals surface area (Å²) in [5.41, 5.74) is 5.21. The Hall–Kier alpha value is -4.05. The second-order valence-corrected chi connectivity index (χ2v) is 9.99. The lowest BCUT2D eigenvalue weighted by Gasteiger charge is -2.25. The van der Waals surface area contributed by atoms with Crippen molar-refractivity contribution in [1.82, 2.24) is 5.43 Å². The quantitative estimate of drug-likeness (QED) is 0.334. The summed E-state index contributed by atoms with van der Waals surface area (Å²) in [7, 11) is -1.32. The molecule has 36 heavy (non-hydrogen) atoms. The number of phenolic OH excluding ortho intramolecular Hbond substituents is 1. The molecule has 0 aromatic heterocycles. The molecule has 3 aromatic carbocycles. The van der Waals surface area contributed by atoms with Crippen LogP contribution in [0.25, 0.3) is 0 Å². The minimum Gasteiger partial charge on any atom is -0.507 e. The fourth-order valence-electron chi connectivity index (χ4n) is 3.67. The Bertz CT molecular complexity index is 1380. The van der Waals surface area contributed by atoms with Crippen molar-refractivity contribution in [2.45, 2.75) is 25.7 Å². The second-order valence-electron chi connectivity index (χ2n) is 8.12. The standard InChI is InChI=1S/C26H29N3O6S/c1-17-12-18(2)14-20(13-17)29(36(32,33)21-10-11-24(34-4)25(15-21)35-5)16-26(31)28-27-19(3)22-8-6-7-9-23(22)30/h6-15,30H,16H2,1-5H3,(H,28,31)/b27-19+. The van der Waals surface area contributed by atoms with E-state index in [-0.39, 0.29) is 16.4 Å². The average molecular weight is 512 g/mol. The van der Waals surface area contributed by atoms with E-state index in [1.807, 2.05) is 19.9 Å². The number of hydrazone groups is 1. The zero-order chi connectivity index (χ0) is 26.5. The molecule has 9 nitrogen and oxygen atoms in total. The highest BCUT2D eigenvalue weighted by molar-refractivity contribution is 7.92. The molecular formula is C26H29N3O6S. The van der Waals surface area contributed by atoms with Crippen LogP contribution in [0.5, 0.6) is 17.2 Å². The van der Waals surface area contributed by atoms with Crippen molar-refractivity contribution in [2.24, 2.45) is 5.10 Å². The van der Waals surface area contributed by atoms with Gasteiger partial charge in [0.15, 0.2) is 11.5 Å². The number of ether oxygens (including phenoxy) is 2. The smallest absolute Gasteiger partial charge is 0.264 e. The van der Waals surface area contributed by atoms with Gasteiger partial charge in [0.05, 0.1) is 30.5 Å². The molecule has 10 heteroatoms. The lowest BCUT2D eigenvalue weighted by atomic mass is 10.1. The van der Waals surface area contributed by atoms with Gasteiger partial charge >= 0.3 is 0 Å². The number of nitrogens with zero attached hydrogens (tertiary/aromatic N) is 2. The Morgan fingerprint density at radius 3 is 2.22 bits per heavy atom. The van der Waals surface area contributed by atoms with Gasteiger partial charge in [-0.05, 0) is 68.3 Å². The summed E-state index contributed by atoms with van der Waals surface area (Å²) < 4.78 is 39.0. The van der Waals surface area contributed by atoms with E-state index < -0.39 is 22.5 Å². The molecule has 0 heterocycles. The molecular weight excluding hydrogens is 482 g/mol. The van der Waals surface area contributed by atoms with Gasteiger partial charge in [-0.3, -0.25) is 9.10 Å². The Morgan fingerprint density at radius 2 is 1.61 bits per heavy atom. The number of anilines is 1. The summed E-state index contributed by atoms with van der Waals surface area (Å²) in [6, 6.07) is 16.1. The van der Waals surface area contributed by atoms with Crippen LogP contribution in [0, 0.1) is 13.8 Å². The lowest BCUT2D eigenvalue weighted by molar-refractivity contribution is -0.119. The topological polar surface area (TPSA) is 118 Å². The molecule has 0 saturated carbocycles. The predicted octanol–water partition coefficient (Wildman–Crippen LogP) is 3.76. The highest BCUT2D eigenvalue weighted by Gasteiger charge is 2.28. The van der Waals surface area contributed by atoms with Crippen molar-refractivity contribution in [3.63, 3.8) is 0 Å². The van der Waals surface area contributed by atoms with Crippen LogP contribution in [0.4, 0.5) is 5.69 Å². The third kappa shape index (κ3) is 5.95. The predicted molar refractivity (Wildman–Crippen MR) is 138 cm³/mol. The number of hydrogen-bond donors (Lipinski definition) is 2. The van der Waals surface area contributed by atoms with E-state index in [0.29, 0.717) is 22.7 Å². The maximum absolute atomic E-state index is 13.7. The first-order valence-electron chi connectivity index (χ1n) is 11.0. The molecule has 1 amide bonds. The number of nitrogens with one attached hydrogen (secondary N) is 1. The molecule has 3 rings (SSSR count). The number of carbonyl (C=O) groups is 1. The third-order valence-electron chi connectivity index (χ3n) is 5.37. The summed E-state index contributed by atoms with van der Waals surface area (Å²) in [6.45, 7) is 4.78. The van der Waals surface area contributed by atoms with Gasteiger partial charge in [-0.2, -0.15) is 5.10 Å². The zero-order valence-corrected chi connectivity index (χ0v) is 21.6. The minimum atomic E-state index is -4.19. The van der Waals surface area contributed by atoms with Gasteiger partial charge in [0.25, 0.3) is 15.9 Å². The van der Waals surface area contributed by atoms with Crippen LogP contribution in [0.2, 0.25) is 0 Å². The molecule has 0 spiro atoms. The molecule has 3 aromatic rings. The number of aryl methyl sites for hydroxylation is 2. The Balaban J connectivity index is 1.98. The molecule has 2 N–H and O–H groups in total. The Morgan fingerprint density at radius 1 is 0.972 bits per heavy atom. The highest BCUT2D eigenvalue weighted by Crippen LogP contribution is 2.32. The van der Waals surface area contributed by atoms with Crippen molar-refractivity contribution in [2.75, 3.05) is 25.1 Å². The van der Waals surface area contributed by atoms with E-state index in [1.165, 1.54) is 38.5 Å². The van der Waals surface area contributed by atoms with Crippen molar-refractivity contribution >= 4 is 27.3 Å². The Kier molecular flexibility index (Phi) is 8.21. The van der Waals surface area contributed by atoms with Gasteiger partial charge < -0.3 is 14.6 Å². The van der Waals surface area contributed by atoms with Gasteiger partial charge in [0.2, 0.25) is 0 Å². The van der Waals surface area contributed by atoms with Gasteiger partial charge in [0.1, 0.15) is 12.3 Å². The summed E-state index contributed by atoms with van der Waals surface area (Å²) in [5, 5.41) is 14.0. The average Bonchev–Trinajstić information content (AvgIpc) is 2.84. The molecule has 0 atom stereocenters. The van der Waals surface area contributed by atoms with Crippen LogP contribution in [0.3, 0.4) is 0 Å². The number of aromatic hydroxyl groups is 1. The SMILES string of the molecule is COc1ccc(S(=O)(=O)N(CC(=O)N/N=C(\C)c2ccccc2O)c2cc(C)cc(C)c2)cc1OC. The monoisotopic (exact) mass is 511 g/mol. The molecule has 190 valence electrons. The number of rotatable bonds is 9. The van der Waals surface area contributed by atoms with E-state index in [4.69, 9.17) is 9.47 Å². The summed E-state index contributed by atoms with van der Waals surface area (Å²) >= 11 is 0. The maximum Gasteiger partial charge on any atom is 0.264 e. The van der Waals surface area contributed by atoms with E-state index >= 15 is 0 Å². The first-order valence-corrected chi connectivity index (χ1v) is 12.5. The number of phenols is 1. The van der Waals surface area contributed by atoms with Crippen molar-refractivity contribution in [1.29, 1.82) is 0 Å². The van der Waals surface area contributed by atoms with Crippen LogP contribution in [0.1, 0.15) is 23.6 Å². The second kappa shape index (κ2) is 11.1. The van der Waals surface area contributed by atoms with E-state index in [0.717, 1.165) is 15.4 Å². The summed E-state index contributed by atoms with van der Waals surface area (Å²) in [5.74, 6) is -0.0266. The summed E-state index contributed by atoms with van der Waals surface area (Å²) in [4.78, 5) is 12.8. The first-order chi connectivity index (χ1) is 17.1. The number of methoxy groups -OCH3 is 2. The van der Waals surface area contributed by atoms with Crippen LogP contribution in [0.15, 0.2) is 70.7 Å². The van der Waals surface area contributed by atoms with Gasteiger partial charge in [0, 0.05) is 11.6 Å². The van der Waals surface area contributed by atoms with Crippen molar-refractivity contribution < 1.29 is 27.8 Å². The molecule has 0 bridgehead atoms. The lowest BCUT2D eigenvalue weighted by Crippen LogP contribution is -2.39. The number of amides is 1.